The van der Waals surface area contributed by atoms with Gasteiger partial charge in [0.1, 0.15) is 0 Å². The molecule has 0 aliphatic carbocycles. The van der Waals surface area contributed by atoms with E-state index in [2.05, 4.69) is 15.0 Å². The first-order valence-electron chi connectivity index (χ1n) is 9.30. The number of benzene rings is 1. The van der Waals surface area contributed by atoms with Gasteiger partial charge >= 0.3 is 0 Å². The van der Waals surface area contributed by atoms with Crippen molar-refractivity contribution in [3.63, 3.8) is 0 Å². The minimum absolute atomic E-state index is 0.0685. The van der Waals surface area contributed by atoms with Crippen LogP contribution >= 0.6 is 22.9 Å². The van der Waals surface area contributed by atoms with E-state index in [1.165, 1.54) is 0 Å². The van der Waals surface area contributed by atoms with Gasteiger partial charge in [-0.05, 0) is 44.5 Å². The predicted octanol–water partition coefficient (Wildman–Crippen LogP) is 3.95. The van der Waals surface area contributed by atoms with E-state index < -0.39 is 0 Å². The van der Waals surface area contributed by atoms with Crippen molar-refractivity contribution in [2.24, 2.45) is 0 Å². The predicted molar refractivity (Wildman–Crippen MR) is 113 cm³/mol. The molecule has 6 nitrogen and oxygen atoms in total. The summed E-state index contributed by atoms with van der Waals surface area (Å²) in [6.07, 6.45) is 2.76. The van der Waals surface area contributed by atoms with Crippen molar-refractivity contribution in [2.75, 3.05) is 31.1 Å². The summed E-state index contributed by atoms with van der Waals surface area (Å²) in [6.45, 7) is 7.02. The lowest BCUT2D eigenvalue weighted by Crippen LogP contribution is -2.35. The van der Waals surface area contributed by atoms with Gasteiger partial charge in [0.05, 0.1) is 22.1 Å². The van der Waals surface area contributed by atoms with E-state index in [-0.39, 0.29) is 5.91 Å². The second-order valence-corrected chi connectivity index (χ2v) is 8.14. The highest BCUT2D eigenvalue weighted by Gasteiger charge is 2.21. The van der Waals surface area contributed by atoms with E-state index in [0.29, 0.717) is 17.1 Å². The fraction of sp³-hybridized carbons (Fsp3) is 0.350. The van der Waals surface area contributed by atoms with Crippen LogP contribution in [0.25, 0.3) is 5.69 Å². The molecule has 3 heterocycles. The SMILES string of the molecule is Cc1nn(-c2ccc(C(=O)N3CCCN(c4nccs4)CC3)cc2)c(C)c1Cl. The number of amides is 1. The number of anilines is 1. The minimum Gasteiger partial charge on any atom is -0.346 e. The molecule has 0 N–H and O–H groups in total. The Morgan fingerprint density at radius 2 is 1.89 bits per heavy atom. The highest BCUT2D eigenvalue weighted by Crippen LogP contribution is 2.23. The van der Waals surface area contributed by atoms with E-state index in [1.807, 2.05) is 59.3 Å². The molecule has 3 aromatic rings. The van der Waals surface area contributed by atoms with E-state index in [1.54, 1.807) is 11.3 Å². The number of hydrogen-bond acceptors (Lipinski definition) is 5. The third-order valence-corrected chi connectivity index (χ3v) is 6.41. The molecule has 146 valence electrons. The van der Waals surface area contributed by atoms with Crippen LogP contribution in [0, 0.1) is 13.8 Å². The van der Waals surface area contributed by atoms with Crippen LogP contribution in [0.15, 0.2) is 35.8 Å². The standard InChI is InChI=1S/C20H22ClN5OS/c1-14-18(21)15(2)26(23-14)17-6-4-16(5-7-17)19(27)24-9-3-10-25(12-11-24)20-22-8-13-28-20/h4-8,13H,3,9-12H2,1-2H3. The molecule has 1 aliphatic heterocycles. The summed E-state index contributed by atoms with van der Waals surface area (Å²) < 4.78 is 1.81. The lowest BCUT2D eigenvalue weighted by Gasteiger charge is -2.22. The average molecular weight is 416 g/mol. The van der Waals surface area contributed by atoms with Gasteiger partial charge < -0.3 is 9.80 Å². The fourth-order valence-electron chi connectivity index (χ4n) is 3.49. The van der Waals surface area contributed by atoms with Gasteiger partial charge in [-0.25, -0.2) is 9.67 Å². The highest BCUT2D eigenvalue weighted by atomic mass is 35.5. The van der Waals surface area contributed by atoms with Crippen molar-refractivity contribution in [1.82, 2.24) is 19.7 Å². The maximum Gasteiger partial charge on any atom is 0.253 e. The minimum atomic E-state index is 0.0685. The second-order valence-electron chi connectivity index (χ2n) is 6.89. The Hall–Kier alpha value is -2.38. The highest BCUT2D eigenvalue weighted by molar-refractivity contribution is 7.13. The topological polar surface area (TPSA) is 54.3 Å². The molecular formula is C20H22ClN5OS. The number of hydrogen-bond donors (Lipinski definition) is 0. The van der Waals surface area contributed by atoms with Crippen molar-refractivity contribution in [3.8, 4) is 5.69 Å². The van der Waals surface area contributed by atoms with Crippen LogP contribution in [-0.2, 0) is 0 Å². The number of nitrogens with zero attached hydrogens (tertiary/aromatic N) is 5. The number of halogens is 1. The Kier molecular flexibility index (Phi) is 5.37. The zero-order valence-electron chi connectivity index (χ0n) is 15.9. The summed E-state index contributed by atoms with van der Waals surface area (Å²) in [4.78, 5) is 21.5. The van der Waals surface area contributed by atoms with Gasteiger partial charge in [-0.15, -0.1) is 11.3 Å². The van der Waals surface area contributed by atoms with E-state index >= 15 is 0 Å². The first-order valence-corrected chi connectivity index (χ1v) is 10.6. The summed E-state index contributed by atoms with van der Waals surface area (Å²) in [7, 11) is 0. The monoisotopic (exact) mass is 415 g/mol. The first kappa shape index (κ1) is 19.0. The lowest BCUT2D eigenvalue weighted by atomic mass is 10.1. The molecule has 1 fully saturated rings. The molecule has 4 rings (SSSR count). The molecule has 0 atom stereocenters. The normalized spacial score (nSPS) is 15.0. The van der Waals surface area contributed by atoms with Gasteiger partial charge in [-0.2, -0.15) is 5.10 Å². The van der Waals surface area contributed by atoms with Crippen molar-refractivity contribution in [1.29, 1.82) is 0 Å². The lowest BCUT2D eigenvalue weighted by molar-refractivity contribution is 0.0767. The molecule has 2 aromatic heterocycles. The third-order valence-electron chi connectivity index (χ3n) is 5.03. The summed E-state index contributed by atoms with van der Waals surface area (Å²) in [5.74, 6) is 0.0685. The summed E-state index contributed by atoms with van der Waals surface area (Å²) in [5, 5.41) is 8.16. The van der Waals surface area contributed by atoms with E-state index in [9.17, 15) is 4.79 Å². The fourth-order valence-corrected chi connectivity index (χ4v) is 4.30. The second kappa shape index (κ2) is 7.93. The Morgan fingerprint density at radius 3 is 2.54 bits per heavy atom. The Balaban J connectivity index is 1.47. The Bertz CT molecular complexity index is 967. The molecular weight excluding hydrogens is 394 g/mol. The van der Waals surface area contributed by atoms with E-state index in [4.69, 9.17) is 11.6 Å². The van der Waals surface area contributed by atoms with Crippen LogP contribution in [0.2, 0.25) is 5.02 Å². The van der Waals surface area contributed by atoms with Crippen LogP contribution in [0.4, 0.5) is 5.13 Å². The zero-order chi connectivity index (χ0) is 19.7. The average Bonchev–Trinajstić information content (AvgIpc) is 3.25. The summed E-state index contributed by atoms with van der Waals surface area (Å²) >= 11 is 7.89. The van der Waals surface area contributed by atoms with Gasteiger partial charge in [-0.3, -0.25) is 4.79 Å². The first-order chi connectivity index (χ1) is 13.5. The van der Waals surface area contributed by atoms with Crippen molar-refractivity contribution in [2.45, 2.75) is 20.3 Å². The number of aromatic nitrogens is 3. The van der Waals surface area contributed by atoms with Crippen LogP contribution in [0.1, 0.15) is 28.2 Å². The molecule has 0 bridgehead atoms. The van der Waals surface area contributed by atoms with Gasteiger partial charge in [0.2, 0.25) is 0 Å². The van der Waals surface area contributed by atoms with Gasteiger partial charge in [0, 0.05) is 43.3 Å². The van der Waals surface area contributed by atoms with Crippen molar-refractivity contribution < 1.29 is 4.79 Å². The number of carbonyl (C=O) groups excluding carboxylic acids is 1. The maximum absolute atomic E-state index is 13.0. The summed E-state index contributed by atoms with van der Waals surface area (Å²) in [5.41, 5.74) is 3.29. The van der Waals surface area contributed by atoms with Crippen LogP contribution in [-0.4, -0.2) is 51.8 Å². The molecule has 0 radical (unpaired) electrons. The van der Waals surface area contributed by atoms with Gasteiger partial charge in [0.15, 0.2) is 5.13 Å². The maximum atomic E-state index is 13.0. The quantitative estimate of drug-likeness (QED) is 0.649. The van der Waals surface area contributed by atoms with Crippen LogP contribution in [0.3, 0.4) is 0 Å². The Labute approximate surface area is 173 Å². The molecule has 0 saturated carbocycles. The molecule has 0 spiro atoms. The van der Waals surface area contributed by atoms with Crippen molar-refractivity contribution in [3.05, 3.63) is 57.8 Å². The number of rotatable bonds is 3. The molecule has 1 aromatic carbocycles. The molecule has 0 unspecified atom stereocenters. The molecule has 1 aliphatic rings. The zero-order valence-corrected chi connectivity index (χ0v) is 17.5. The molecule has 1 saturated heterocycles. The number of thiazole rings is 1. The van der Waals surface area contributed by atoms with Crippen LogP contribution < -0.4 is 4.90 Å². The number of carbonyl (C=O) groups is 1. The Morgan fingerprint density at radius 1 is 1.11 bits per heavy atom. The molecule has 8 heteroatoms. The van der Waals surface area contributed by atoms with Crippen molar-refractivity contribution >= 4 is 34.0 Å². The van der Waals surface area contributed by atoms with Gasteiger partial charge in [-0.1, -0.05) is 11.6 Å². The molecule has 28 heavy (non-hydrogen) atoms. The largest absolute Gasteiger partial charge is 0.346 e. The summed E-state index contributed by atoms with van der Waals surface area (Å²) in [6, 6.07) is 7.57. The van der Waals surface area contributed by atoms with E-state index in [0.717, 1.165) is 48.3 Å². The third kappa shape index (κ3) is 3.64. The molecule has 1 amide bonds. The smallest absolute Gasteiger partial charge is 0.253 e. The van der Waals surface area contributed by atoms with Gasteiger partial charge in [0.25, 0.3) is 5.91 Å². The van der Waals surface area contributed by atoms with Crippen LogP contribution in [0.5, 0.6) is 0 Å². The number of aryl methyl sites for hydroxylation is 1.